The standard InChI is InChI=1S/C20H23N3O3S/c1-13(18(25)22-19-14(17(21)24)6-11-27-19)23-12-20(7-9-26-10-8-20)15-4-2-3-5-16(15)23/h2-6,11,13H,7-10,12H2,1H3,(H2,21,24)(H,22,25). The van der Waals surface area contributed by atoms with Gasteiger partial charge in [0.25, 0.3) is 5.91 Å². The Balaban J connectivity index is 1.58. The van der Waals surface area contributed by atoms with Gasteiger partial charge in [-0.25, -0.2) is 0 Å². The first-order chi connectivity index (χ1) is 13.0. The first-order valence-electron chi connectivity index (χ1n) is 9.14. The van der Waals surface area contributed by atoms with Gasteiger partial charge < -0.3 is 20.7 Å². The summed E-state index contributed by atoms with van der Waals surface area (Å²) in [6, 6.07) is 9.61. The Morgan fingerprint density at radius 3 is 2.74 bits per heavy atom. The van der Waals surface area contributed by atoms with E-state index in [1.165, 1.54) is 16.9 Å². The molecule has 1 spiro atoms. The molecule has 0 radical (unpaired) electrons. The van der Waals surface area contributed by atoms with Gasteiger partial charge in [-0.05, 0) is 42.8 Å². The van der Waals surface area contributed by atoms with Crippen LogP contribution in [-0.2, 0) is 14.9 Å². The monoisotopic (exact) mass is 385 g/mol. The number of ether oxygens (including phenoxy) is 1. The number of thiophene rings is 1. The summed E-state index contributed by atoms with van der Waals surface area (Å²) in [5.74, 6) is -0.675. The summed E-state index contributed by atoms with van der Waals surface area (Å²) in [5, 5.41) is 5.14. The summed E-state index contributed by atoms with van der Waals surface area (Å²) in [6.07, 6.45) is 1.93. The third-order valence-corrected chi connectivity index (χ3v) is 6.55. The van der Waals surface area contributed by atoms with Crippen LogP contribution in [0.15, 0.2) is 35.7 Å². The second-order valence-corrected chi connectivity index (χ2v) is 8.15. The van der Waals surface area contributed by atoms with Crippen LogP contribution in [0.5, 0.6) is 0 Å². The summed E-state index contributed by atoms with van der Waals surface area (Å²) in [5.41, 5.74) is 8.20. The number of fused-ring (bicyclic) bond motifs is 2. The number of benzene rings is 1. The fourth-order valence-corrected chi connectivity index (χ4v) is 4.96. The molecule has 2 amide bonds. The van der Waals surface area contributed by atoms with Crippen LogP contribution in [-0.4, -0.2) is 37.6 Å². The summed E-state index contributed by atoms with van der Waals surface area (Å²) in [7, 11) is 0. The van der Waals surface area contributed by atoms with Gasteiger partial charge in [0.1, 0.15) is 11.0 Å². The molecule has 1 aromatic heterocycles. The average Bonchev–Trinajstić information content (AvgIpc) is 3.26. The Bertz CT molecular complexity index is 873. The first-order valence-corrected chi connectivity index (χ1v) is 10.0. The third-order valence-electron chi connectivity index (χ3n) is 5.72. The van der Waals surface area contributed by atoms with E-state index in [0.29, 0.717) is 10.6 Å². The Morgan fingerprint density at radius 2 is 2.00 bits per heavy atom. The highest BCUT2D eigenvalue weighted by atomic mass is 32.1. The molecule has 1 unspecified atom stereocenters. The third kappa shape index (κ3) is 3.11. The molecular weight excluding hydrogens is 362 g/mol. The lowest BCUT2D eigenvalue weighted by Crippen LogP contribution is -2.46. The highest BCUT2D eigenvalue weighted by Crippen LogP contribution is 2.47. The SMILES string of the molecule is CC(C(=O)Nc1sccc1C(N)=O)N1CC2(CCOCC2)c2ccccc21. The van der Waals surface area contributed by atoms with Crippen LogP contribution in [0.3, 0.4) is 0 Å². The van der Waals surface area contributed by atoms with E-state index in [1.807, 2.05) is 13.0 Å². The molecule has 2 aromatic rings. The fourth-order valence-electron chi connectivity index (χ4n) is 4.16. The van der Waals surface area contributed by atoms with Crippen molar-refractivity contribution < 1.29 is 14.3 Å². The van der Waals surface area contributed by atoms with E-state index in [-0.39, 0.29) is 17.4 Å². The van der Waals surface area contributed by atoms with Gasteiger partial charge in [0, 0.05) is 30.9 Å². The van der Waals surface area contributed by atoms with Crippen LogP contribution in [0.25, 0.3) is 0 Å². The maximum absolute atomic E-state index is 12.9. The minimum absolute atomic E-state index is 0.0463. The smallest absolute Gasteiger partial charge is 0.251 e. The lowest BCUT2D eigenvalue weighted by atomic mass is 9.76. The molecule has 1 saturated heterocycles. The van der Waals surface area contributed by atoms with Crippen molar-refractivity contribution in [3.8, 4) is 0 Å². The lowest BCUT2D eigenvalue weighted by Gasteiger charge is -2.35. The molecule has 4 rings (SSSR count). The predicted molar refractivity (Wildman–Crippen MR) is 106 cm³/mol. The van der Waals surface area contributed by atoms with E-state index in [4.69, 9.17) is 10.5 Å². The molecule has 3 N–H and O–H groups in total. The van der Waals surface area contributed by atoms with Gasteiger partial charge >= 0.3 is 0 Å². The summed E-state index contributed by atoms with van der Waals surface area (Å²) in [4.78, 5) is 26.6. The molecule has 3 heterocycles. The molecule has 0 aliphatic carbocycles. The van der Waals surface area contributed by atoms with E-state index in [9.17, 15) is 9.59 Å². The van der Waals surface area contributed by atoms with Crippen molar-refractivity contribution in [2.75, 3.05) is 30.0 Å². The Kier molecular flexibility index (Phi) is 4.65. The molecule has 1 aromatic carbocycles. The van der Waals surface area contributed by atoms with Crippen molar-refractivity contribution >= 4 is 33.8 Å². The zero-order chi connectivity index (χ0) is 19.0. The molecule has 6 nitrogen and oxygen atoms in total. The number of nitrogens with two attached hydrogens (primary N) is 1. The number of rotatable bonds is 4. The van der Waals surface area contributed by atoms with Gasteiger partial charge in [-0.2, -0.15) is 0 Å². The number of hydrogen-bond acceptors (Lipinski definition) is 5. The maximum Gasteiger partial charge on any atom is 0.251 e. The lowest BCUT2D eigenvalue weighted by molar-refractivity contribution is -0.117. The van der Waals surface area contributed by atoms with E-state index >= 15 is 0 Å². The number of para-hydroxylation sites is 1. The molecule has 142 valence electrons. The predicted octanol–water partition coefficient (Wildman–Crippen LogP) is 2.74. The Morgan fingerprint density at radius 1 is 1.26 bits per heavy atom. The van der Waals surface area contributed by atoms with E-state index < -0.39 is 5.91 Å². The number of carbonyl (C=O) groups is 2. The highest BCUT2D eigenvalue weighted by molar-refractivity contribution is 7.14. The highest BCUT2D eigenvalue weighted by Gasteiger charge is 2.45. The van der Waals surface area contributed by atoms with E-state index in [2.05, 4.69) is 28.4 Å². The molecule has 27 heavy (non-hydrogen) atoms. The molecule has 1 atom stereocenters. The molecule has 2 aliphatic heterocycles. The number of primary amides is 1. The van der Waals surface area contributed by atoms with Crippen molar-refractivity contribution in [3.05, 3.63) is 46.8 Å². The minimum atomic E-state index is -0.535. The van der Waals surface area contributed by atoms with Gasteiger partial charge in [0.15, 0.2) is 0 Å². The van der Waals surface area contributed by atoms with E-state index in [0.717, 1.165) is 38.3 Å². The first kappa shape index (κ1) is 18.0. The fraction of sp³-hybridized carbons (Fsp3) is 0.400. The van der Waals surface area contributed by atoms with E-state index in [1.54, 1.807) is 11.4 Å². The van der Waals surface area contributed by atoms with Crippen molar-refractivity contribution in [2.24, 2.45) is 5.73 Å². The molecular formula is C20H23N3O3S. The zero-order valence-corrected chi connectivity index (χ0v) is 16.1. The van der Waals surface area contributed by atoms with Gasteiger partial charge in [-0.15, -0.1) is 11.3 Å². The topological polar surface area (TPSA) is 84.7 Å². The number of nitrogens with one attached hydrogen (secondary N) is 1. The normalized spacial score (nSPS) is 18.9. The quantitative estimate of drug-likeness (QED) is 0.848. The van der Waals surface area contributed by atoms with Gasteiger partial charge in [0.05, 0.1) is 5.56 Å². The van der Waals surface area contributed by atoms with Crippen LogP contribution in [0, 0.1) is 0 Å². The number of hydrogen-bond donors (Lipinski definition) is 2. The second-order valence-electron chi connectivity index (χ2n) is 7.23. The van der Waals surface area contributed by atoms with Gasteiger partial charge in [-0.1, -0.05) is 18.2 Å². The summed E-state index contributed by atoms with van der Waals surface area (Å²) in [6.45, 7) is 4.21. The molecule has 2 aliphatic rings. The van der Waals surface area contributed by atoms with Gasteiger partial charge in [-0.3, -0.25) is 9.59 Å². The largest absolute Gasteiger partial charge is 0.381 e. The number of carbonyl (C=O) groups excluding carboxylic acids is 2. The summed E-state index contributed by atoms with van der Waals surface area (Å²) >= 11 is 1.31. The van der Waals surface area contributed by atoms with Crippen molar-refractivity contribution in [3.63, 3.8) is 0 Å². The van der Waals surface area contributed by atoms with Crippen molar-refractivity contribution in [1.82, 2.24) is 0 Å². The minimum Gasteiger partial charge on any atom is -0.381 e. The summed E-state index contributed by atoms with van der Waals surface area (Å²) < 4.78 is 5.58. The average molecular weight is 385 g/mol. The van der Waals surface area contributed by atoms with Crippen LogP contribution in [0.1, 0.15) is 35.7 Å². The van der Waals surface area contributed by atoms with Crippen LogP contribution in [0.4, 0.5) is 10.7 Å². The molecule has 1 fully saturated rings. The molecule has 0 bridgehead atoms. The maximum atomic E-state index is 12.9. The second kappa shape index (κ2) is 6.98. The molecule has 0 saturated carbocycles. The van der Waals surface area contributed by atoms with Crippen LogP contribution < -0.4 is 16.0 Å². The molecule has 7 heteroatoms. The van der Waals surface area contributed by atoms with Crippen molar-refractivity contribution in [1.29, 1.82) is 0 Å². The number of amides is 2. The number of anilines is 2. The Hall–Kier alpha value is -2.38. The van der Waals surface area contributed by atoms with Gasteiger partial charge in [0.2, 0.25) is 5.91 Å². The van der Waals surface area contributed by atoms with Crippen molar-refractivity contribution in [2.45, 2.75) is 31.2 Å². The van der Waals surface area contributed by atoms with Crippen LogP contribution in [0.2, 0.25) is 0 Å². The van der Waals surface area contributed by atoms with Crippen LogP contribution >= 0.6 is 11.3 Å². The zero-order valence-electron chi connectivity index (χ0n) is 15.2. The Labute approximate surface area is 162 Å². The number of nitrogens with zero attached hydrogens (tertiary/aromatic N) is 1.